The van der Waals surface area contributed by atoms with Crippen LogP contribution in [-0.2, 0) is 16.9 Å². The van der Waals surface area contributed by atoms with E-state index in [1.54, 1.807) is 0 Å². The van der Waals surface area contributed by atoms with Gasteiger partial charge in [0.15, 0.2) is 0 Å². The fraction of sp³-hybridized carbons (Fsp3) is 0.500. The largest absolute Gasteiger partial charge is 0.401 e. The van der Waals surface area contributed by atoms with Crippen LogP contribution >= 0.6 is 15.9 Å². The Kier molecular flexibility index (Phi) is 2.73. The summed E-state index contributed by atoms with van der Waals surface area (Å²) in [5.41, 5.74) is 1.57. The second-order valence-electron chi connectivity index (χ2n) is 4.84. The molecule has 0 N–H and O–H groups in total. The number of alkyl halides is 3. The molecule has 1 fully saturated rings. The number of benzene rings is 1. The first-order valence-corrected chi connectivity index (χ1v) is 6.39. The molecule has 2 nitrogen and oxygen atoms in total. The van der Waals surface area contributed by atoms with Gasteiger partial charge in [-0.2, -0.15) is 13.2 Å². The second-order valence-corrected chi connectivity index (χ2v) is 5.76. The maximum absolute atomic E-state index is 12.3. The maximum Gasteiger partial charge on any atom is 0.401 e. The Labute approximate surface area is 111 Å². The molecular weight excluding hydrogens is 311 g/mol. The highest BCUT2D eigenvalue weighted by molar-refractivity contribution is 9.10. The third-order valence-corrected chi connectivity index (χ3v) is 3.92. The summed E-state index contributed by atoms with van der Waals surface area (Å²) in [6, 6.07) is 5.83. The number of fused-ring (bicyclic) bond motifs is 2. The zero-order valence-electron chi connectivity index (χ0n) is 9.43. The molecule has 1 aromatic rings. The van der Waals surface area contributed by atoms with E-state index >= 15 is 0 Å². The van der Waals surface area contributed by atoms with Crippen LogP contribution in [0.5, 0.6) is 0 Å². The molecule has 1 spiro atoms. The first kappa shape index (κ1) is 12.4. The van der Waals surface area contributed by atoms with Gasteiger partial charge in [0.05, 0.1) is 13.2 Å². The molecule has 3 rings (SSSR count). The van der Waals surface area contributed by atoms with Gasteiger partial charge >= 0.3 is 6.18 Å². The Hall–Kier alpha value is -0.590. The molecular formula is C12H11BrF3NO. The van der Waals surface area contributed by atoms with Gasteiger partial charge in [0, 0.05) is 17.6 Å². The molecule has 0 saturated carbocycles. The molecule has 2 aliphatic rings. The van der Waals surface area contributed by atoms with Gasteiger partial charge in [-0.3, -0.25) is 4.90 Å². The van der Waals surface area contributed by atoms with Crippen LogP contribution in [-0.4, -0.2) is 30.7 Å². The molecule has 2 aliphatic heterocycles. The van der Waals surface area contributed by atoms with Gasteiger partial charge in [0.25, 0.3) is 0 Å². The van der Waals surface area contributed by atoms with Crippen molar-refractivity contribution in [1.29, 1.82) is 0 Å². The first-order chi connectivity index (χ1) is 8.38. The molecule has 0 unspecified atom stereocenters. The van der Waals surface area contributed by atoms with Crippen molar-refractivity contribution in [1.82, 2.24) is 4.90 Å². The van der Waals surface area contributed by atoms with Crippen LogP contribution in [0, 0.1) is 0 Å². The highest BCUT2D eigenvalue weighted by atomic mass is 79.9. The quantitative estimate of drug-likeness (QED) is 0.788. The predicted molar refractivity (Wildman–Crippen MR) is 63.1 cm³/mol. The number of likely N-dealkylation sites (tertiary alicyclic amines) is 1. The zero-order chi connectivity index (χ0) is 13.0. The highest BCUT2D eigenvalue weighted by Crippen LogP contribution is 2.44. The van der Waals surface area contributed by atoms with E-state index in [9.17, 15) is 13.2 Å². The Morgan fingerprint density at radius 3 is 2.72 bits per heavy atom. The van der Waals surface area contributed by atoms with Crippen molar-refractivity contribution in [3.05, 3.63) is 33.8 Å². The Balaban J connectivity index is 1.76. The number of hydrogen-bond donors (Lipinski definition) is 0. The van der Waals surface area contributed by atoms with Gasteiger partial charge < -0.3 is 4.74 Å². The van der Waals surface area contributed by atoms with E-state index in [0.29, 0.717) is 19.7 Å². The van der Waals surface area contributed by atoms with Crippen molar-refractivity contribution in [3.8, 4) is 0 Å². The standard InChI is InChI=1S/C12H11BrF3NO/c13-9-2-1-8-4-18-11(10(8)3-9)5-17(6-11)7-12(14,15)16/h1-3H,4-7H2. The van der Waals surface area contributed by atoms with Crippen LogP contribution in [0.1, 0.15) is 11.1 Å². The highest BCUT2D eigenvalue weighted by Gasteiger charge is 2.52. The molecule has 0 aromatic heterocycles. The predicted octanol–water partition coefficient (Wildman–Crippen LogP) is 3.05. The van der Waals surface area contributed by atoms with E-state index in [1.165, 1.54) is 4.90 Å². The molecule has 2 heterocycles. The summed E-state index contributed by atoms with van der Waals surface area (Å²) in [5.74, 6) is 0. The van der Waals surface area contributed by atoms with Gasteiger partial charge in [-0.25, -0.2) is 0 Å². The Bertz CT molecular complexity index is 483. The lowest BCUT2D eigenvalue weighted by Gasteiger charge is -2.47. The molecule has 0 atom stereocenters. The average molecular weight is 322 g/mol. The van der Waals surface area contributed by atoms with E-state index in [4.69, 9.17) is 4.74 Å². The van der Waals surface area contributed by atoms with Crippen LogP contribution in [0.3, 0.4) is 0 Å². The van der Waals surface area contributed by atoms with Gasteiger partial charge in [-0.15, -0.1) is 0 Å². The minimum atomic E-state index is -4.14. The summed E-state index contributed by atoms with van der Waals surface area (Å²) in [6.45, 7) is 0.260. The van der Waals surface area contributed by atoms with E-state index < -0.39 is 18.3 Å². The molecule has 0 aliphatic carbocycles. The first-order valence-electron chi connectivity index (χ1n) is 5.60. The maximum atomic E-state index is 12.3. The fourth-order valence-electron chi connectivity index (χ4n) is 2.70. The summed E-state index contributed by atoms with van der Waals surface area (Å²) in [7, 11) is 0. The van der Waals surface area contributed by atoms with Gasteiger partial charge in [-0.05, 0) is 23.3 Å². The molecule has 18 heavy (non-hydrogen) atoms. The van der Waals surface area contributed by atoms with Crippen LogP contribution < -0.4 is 0 Å². The van der Waals surface area contributed by atoms with Crippen molar-refractivity contribution in [2.24, 2.45) is 0 Å². The van der Waals surface area contributed by atoms with Crippen LogP contribution in [0.25, 0.3) is 0 Å². The molecule has 0 amide bonds. The van der Waals surface area contributed by atoms with Crippen LogP contribution in [0.2, 0.25) is 0 Å². The van der Waals surface area contributed by atoms with E-state index in [1.807, 2.05) is 18.2 Å². The summed E-state index contributed by atoms with van der Waals surface area (Å²) >= 11 is 3.38. The Morgan fingerprint density at radius 1 is 1.33 bits per heavy atom. The monoisotopic (exact) mass is 321 g/mol. The van der Waals surface area contributed by atoms with Gasteiger partial charge in [-0.1, -0.05) is 22.0 Å². The minimum absolute atomic E-state index is 0.315. The van der Waals surface area contributed by atoms with Gasteiger partial charge in [0.2, 0.25) is 0 Å². The summed E-state index contributed by atoms with van der Waals surface area (Å²) in [5, 5.41) is 0. The van der Waals surface area contributed by atoms with E-state index in [0.717, 1.165) is 15.6 Å². The Morgan fingerprint density at radius 2 is 2.06 bits per heavy atom. The number of ether oxygens (including phenoxy) is 1. The molecule has 6 heteroatoms. The van der Waals surface area contributed by atoms with Crippen molar-refractivity contribution in [3.63, 3.8) is 0 Å². The molecule has 1 aromatic carbocycles. The van der Waals surface area contributed by atoms with Crippen molar-refractivity contribution in [2.75, 3.05) is 19.6 Å². The number of halogens is 4. The van der Waals surface area contributed by atoms with E-state index in [-0.39, 0.29) is 0 Å². The summed E-state index contributed by atoms with van der Waals surface area (Å²) in [4.78, 5) is 1.37. The second kappa shape index (κ2) is 3.95. The smallest absolute Gasteiger partial charge is 0.363 e. The number of hydrogen-bond acceptors (Lipinski definition) is 2. The summed E-state index contributed by atoms with van der Waals surface area (Å²) < 4.78 is 43.5. The number of rotatable bonds is 1. The van der Waals surface area contributed by atoms with Crippen molar-refractivity contribution >= 4 is 15.9 Å². The normalized spacial score (nSPS) is 22.0. The van der Waals surface area contributed by atoms with Crippen molar-refractivity contribution < 1.29 is 17.9 Å². The minimum Gasteiger partial charge on any atom is -0.363 e. The fourth-order valence-corrected chi connectivity index (χ4v) is 3.06. The van der Waals surface area contributed by atoms with Crippen molar-refractivity contribution in [2.45, 2.75) is 18.4 Å². The molecule has 98 valence electrons. The average Bonchev–Trinajstić information content (AvgIpc) is 2.55. The third kappa shape index (κ3) is 2.06. The molecule has 0 radical (unpaired) electrons. The lowest BCUT2D eigenvalue weighted by atomic mass is 9.85. The number of nitrogens with zero attached hydrogens (tertiary/aromatic N) is 1. The third-order valence-electron chi connectivity index (χ3n) is 3.43. The van der Waals surface area contributed by atoms with Crippen LogP contribution in [0.15, 0.2) is 22.7 Å². The molecule has 0 bridgehead atoms. The lowest BCUT2D eigenvalue weighted by molar-refractivity contribution is -0.199. The van der Waals surface area contributed by atoms with E-state index in [2.05, 4.69) is 15.9 Å². The SMILES string of the molecule is FC(F)(F)CN1CC2(C1)OCc1ccc(Br)cc12. The topological polar surface area (TPSA) is 12.5 Å². The van der Waals surface area contributed by atoms with Crippen LogP contribution in [0.4, 0.5) is 13.2 Å². The summed E-state index contributed by atoms with van der Waals surface area (Å²) in [6.07, 6.45) is -4.14. The lowest BCUT2D eigenvalue weighted by Crippen LogP contribution is -2.61. The zero-order valence-corrected chi connectivity index (χ0v) is 11.0. The van der Waals surface area contributed by atoms with Gasteiger partial charge in [0.1, 0.15) is 5.60 Å². The molecule has 1 saturated heterocycles.